The van der Waals surface area contributed by atoms with E-state index in [-0.39, 0.29) is 5.56 Å². The van der Waals surface area contributed by atoms with Crippen LogP contribution in [0.3, 0.4) is 0 Å². The molecule has 1 amide bonds. The summed E-state index contributed by atoms with van der Waals surface area (Å²) in [5.74, 6) is 0.452. The summed E-state index contributed by atoms with van der Waals surface area (Å²) in [6, 6.07) is 15.5. The molecule has 3 aromatic rings. The zero-order chi connectivity index (χ0) is 27.4. The molecule has 2 aromatic carbocycles. The molecule has 1 fully saturated rings. The van der Waals surface area contributed by atoms with Crippen LogP contribution in [0.25, 0.3) is 16.6 Å². The first-order chi connectivity index (χ1) is 18.0. The van der Waals surface area contributed by atoms with Crippen LogP contribution in [-0.4, -0.2) is 58.0 Å². The quantitative estimate of drug-likeness (QED) is 0.471. The molecule has 1 aliphatic rings. The molecule has 0 spiro atoms. The Bertz CT molecular complexity index is 1310. The highest BCUT2D eigenvalue weighted by molar-refractivity contribution is 5.82. The van der Waals surface area contributed by atoms with E-state index < -0.39 is 17.7 Å². The molecular weight excluding hydrogens is 480 g/mol. The van der Waals surface area contributed by atoms with Crippen LogP contribution in [0.2, 0.25) is 0 Å². The van der Waals surface area contributed by atoms with Crippen LogP contribution in [0.5, 0.6) is 0 Å². The van der Waals surface area contributed by atoms with Gasteiger partial charge in [0.15, 0.2) is 0 Å². The van der Waals surface area contributed by atoms with Crippen molar-refractivity contribution < 1.29 is 14.3 Å². The summed E-state index contributed by atoms with van der Waals surface area (Å²) in [5, 5.41) is 3.47. The molecule has 0 aliphatic carbocycles. The lowest BCUT2D eigenvalue weighted by Crippen LogP contribution is -2.49. The zero-order valence-corrected chi connectivity index (χ0v) is 23.4. The molecule has 204 valence electrons. The molecule has 8 nitrogen and oxygen atoms in total. The minimum atomic E-state index is -0.634. The first-order valence-electron chi connectivity index (χ1n) is 13.5. The molecule has 3 atom stereocenters. The second-order valence-corrected chi connectivity index (χ2v) is 11.2. The average molecular weight is 521 g/mol. The summed E-state index contributed by atoms with van der Waals surface area (Å²) in [4.78, 5) is 34.0. The van der Waals surface area contributed by atoms with Crippen molar-refractivity contribution in [3.05, 3.63) is 70.3 Å². The third-order valence-corrected chi connectivity index (χ3v) is 6.86. The Hall–Kier alpha value is -3.23. The fourth-order valence-corrected chi connectivity index (χ4v) is 5.12. The van der Waals surface area contributed by atoms with Gasteiger partial charge in [-0.3, -0.25) is 14.3 Å². The van der Waals surface area contributed by atoms with Crippen LogP contribution >= 0.6 is 0 Å². The molecule has 2 unspecified atom stereocenters. The molecule has 1 aromatic heterocycles. The second kappa shape index (κ2) is 11.7. The van der Waals surface area contributed by atoms with Crippen LogP contribution in [0, 0.1) is 0 Å². The van der Waals surface area contributed by atoms with Gasteiger partial charge in [0.2, 0.25) is 0 Å². The molecule has 0 saturated carbocycles. The summed E-state index contributed by atoms with van der Waals surface area (Å²) in [6.45, 7) is 14.1. The Morgan fingerprint density at radius 2 is 1.79 bits per heavy atom. The molecule has 1 aliphatic heterocycles. The smallest absolute Gasteiger partial charge is 0.408 e. The van der Waals surface area contributed by atoms with E-state index in [4.69, 9.17) is 14.5 Å². The minimum Gasteiger partial charge on any atom is -0.444 e. The van der Waals surface area contributed by atoms with E-state index in [1.807, 2.05) is 76.2 Å². The van der Waals surface area contributed by atoms with Crippen molar-refractivity contribution in [3.8, 4) is 5.69 Å². The summed E-state index contributed by atoms with van der Waals surface area (Å²) in [7, 11) is 0. The Morgan fingerprint density at radius 1 is 1.11 bits per heavy atom. The van der Waals surface area contributed by atoms with Crippen molar-refractivity contribution in [2.45, 2.75) is 78.1 Å². The van der Waals surface area contributed by atoms with Crippen LogP contribution in [0.4, 0.5) is 4.79 Å². The molecule has 4 rings (SSSR count). The summed E-state index contributed by atoms with van der Waals surface area (Å²) in [5.41, 5.74) is 1.53. The summed E-state index contributed by atoms with van der Waals surface area (Å²) < 4.78 is 12.7. The molecular formula is C30H40N4O4. The fourth-order valence-electron chi connectivity index (χ4n) is 5.12. The molecule has 0 radical (unpaired) electrons. The second-order valence-electron chi connectivity index (χ2n) is 11.2. The highest BCUT2D eigenvalue weighted by Crippen LogP contribution is 2.22. The molecule has 2 heterocycles. The number of aryl methyl sites for hydroxylation is 1. The number of amides is 1. The van der Waals surface area contributed by atoms with Gasteiger partial charge in [-0.2, -0.15) is 0 Å². The third-order valence-electron chi connectivity index (χ3n) is 6.86. The summed E-state index contributed by atoms with van der Waals surface area (Å²) >= 11 is 0. The maximum Gasteiger partial charge on any atom is 0.408 e. The van der Waals surface area contributed by atoms with Gasteiger partial charge in [-0.15, -0.1) is 0 Å². The highest BCUT2D eigenvalue weighted by Gasteiger charge is 2.26. The van der Waals surface area contributed by atoms with Gasteiger partial charge in [0.25, 0.3) is 5.56 Å². The number of fused-ring (bicyclic) bond motifs is 1. The number of aromatic nitrogens is 2. The Morgan fingerprint density at radius 3 is 2.45 bits per heavy atom. The van der Waals surface area contributed by atoms with E-state index in [0.29, 0.717) is 34.5 Å². The predicted molar refractivity (Wildman–Crippen MR) is 150 cm³/mol. The average Bonchev–Trinajstić information content (AvgIpc) is 2.85. The van der Waals surface area contributed by atoms with E-state index in [1.54, 1.807) is 4.57 Å². The first-order valence-corrected chi connectivity index (χ1v) is 13.5. The van der Waals surface area contributed by atoms with Gasteiger partial charge in [-0.1, -0.05) is 30.3 Å². The van der Waals surface area contributed by atoms with Gasteiger partial charge in [0.1, 0.15) is 11.4 Å². The predicted octanol–water partition coefficient (Wildman–Crippen LogP) is 5.01. The monoisotopic (exact) mass is 520 g/mol. The van der Waals surface area contributed by atoms with Crippen molar-refractivity contribution in [3.63, 3.8) is 0 Å². The van der Waals surface area contributed by atoms with Gasteiger partial charge >= 0.3 is 6.09 Å². The van der Waals surface area contributed by atoms with Crippen molar-refractivity contribution in [2.75, 3.05) is 19.8 Å². The number of alkyl carbamates (subject to hydrolysis) is 1. The Balaban J connectivity index is 1.69. The van der Waals surface area contributed by atoms with Crippen molar-refractivity contribution in [2.24, 2.45) is 0 Å². The lowest BCUT2D eigenvalue weighted by Gasteiger charge is -2.38. The number of nitrogens with zero attached hydrogens (tertiary/aromatic N) is 3. The molecule has 38 heavy (non-hydrogen) atoms. The summed E-state index contributed by atoms with van der Waals surface area (Å²) in [6.07, 6.45) is 1.14. The number of carbonyl (C=O) groups is 1. The maximum atomic E-state index is 14.1. The maximum absolute atomic E-state index is 14.1. The number of rotatable bonds is 7. The molecule has 1 N–H and O–H groups in total. The van der Waals surface area contributed by atoms with E-state index in [0.717, 1.165) is 38.2 Å². The van der Waals surface area contributed by atoms with E-state index in [2.05, 4.69) is 24.1 Å². The van der Waals surface area contributed by atoms with Gasteiger partial charge in [0, 0.05) is 12.1 Å². The Kier molecular flexibility index (Phi) is 8.53. The van der Waals surface area contributed by atoms with Gasteiger partial charge in [-0.05, 0) is 84.7 Å². The van der Waals surface area contributed by atoms with Crippen molar-refractivity contribution in [1.82, 2.24) is 19.8 Å². The number of nitrogens with one attached hydrogen (secondary N) is 1. The lowest BCUT2D eigenvalue weighted by molar-refractivity contribution is -0.0368. The van der Waals surface area contributed by atoms with E-state index >= 15 is 0 Å². The standard InChI is InChI=1S/C30H40N4O4/c1-20-18-37-19-21(2)33(20)17-11-13-23-12-10-16-25-26(23)28(35)34(24-14-8-7-9-15-24)27(32-25)22(3)31-29(36)38-30(4,5)6/h7-10,12,14-16,20-22H,11,13,17-19H2,1-6H3,(H,31,36)/t20?,21?,22-/m0/s1. The lowest BCUT2D eigenvalue weighted by atomic mass is 10.0. The molecule has 8 heteroatoms. The largest absolute Gasteiger partial charge is 0.444 e. The number of carbonyl (C=O) groups excluding carboxylic acids is 1. The van der Waals surface area contributed by atoms with Crippen molar-refractivity contribution in [1.29, 1.82) is 0 Å². The topological polar surface area (TPSA) is 85.7 Å². The molecule has 0 bridgehead atoms. The van der Waals surface area contributed by atoms with Crippen LogP contribution in [0.1, 0.15) is 65.4 Å². The first kappa shape index (κ1) is 27.8. The number of para-hydroxylation sites is 1. The number of ether oxygens (including phenoxy) is 2. The SMILES string of the molecule is CC1COCC(C)N1CCCc1cccc2nc([C@H](C)NC(=O)OC(C)(C)C)n(-c3ccccc3)c(=O)c12. The number of benzene rings is 2. The third kappa shape index (κ3) is 6.42. The highest BCUT2D eigenvalue weighted by atomic mass is 16.6. The van der Waals surface area contributed by atoms with Gasteiger partial charge in [0.05, 0.1) is 35.8 Å². The van der Waals surface area contributed by atoms with Gasteiger partial charge in [-0.25, -0.2) is 9.78 Å². The van der Waals surface area contributed by atoms with E-state index in [9.17, 15) is 9.59 Å². The number of hydrogen-bond donors (Lipinski definition) is 1. The number of hydrogen-bond acceptors (Lipinski definition) is 6. The van der Waals surface area contributed by atoms with Gasteiger partial charge < -0.3 is 14.8 Å². The number of morpholine rings is 1. The zero-order valence-electron chi connectivity index (χ0n) is 23.4. The minimum absolute atomic E-state index is 0.141. The molecule has 1 saturated heterocycles. The Labute approximate surface area is 225 Å². The van der Waals surface area contributed by atoms with Crippen LogP contribution < -0.4 is 10.9 Å². The van der Waals surface area contributed by atoms with E-state index in [1.165, 1.54) is 0 Å². The van der Waals surface area contributed by atoms with Crippen molar-refractivity contribution >= 4 is 17.0 Å². The fraction of sp³-hybridized carbons (Fsp3) is 0.500. The normalized spacial score (nSPS) is 19.3. The van der Waals surface area contributed by atoms with Crippen LogP contribution in [-0.2, 0) is 15.9 Å². The van der Waals surface area contributed by atoms with Crippen LogP contribution in [0.15, 0.2) is 53.3 Å².